The third kappa shape index (κ3) is 3.27. The summed E-state index contributed by atoms with van der Waals surface area (Å²) in [6, 6.07) is -0.0205. The fraction of sp³-hybridized carbons (Fsp3) is 0.769. The Bertz CT molecular complexity index is 478. The van der Waals surface area contributed by atoms with Gasteiger partial charge in [-0.05, 0) is 33.6 Å². The molecule has 20 heavy (non-hydrogen) atoms. The van der Waals surface area contributed by atoms with Gasteiger partial charge >= 0.3 is 5.69 Å². The minimum Gasteiger partial charge on any atom is -0.471 e. The lowest BCUT2D eigenvalue weighted by molar-refractivity contribution is -0.386. The third-order valence-corrected chi connectivity index (χ3v) is 3.59. The van der Waals surface area contributed by atoms with E-state index in [4.69, 9.17) is 10.5 Å². The van der Waals surface area contributed by atoms with Gasteiger partial charge in [0.2, 0.25) is 0 Å². The number of aromatic nitrogens is 2. The molecule has 0 atom stereocenters. The molecule has 0 aliphatic heterocycles. The number of ether oxygens (including phenoxy) is 1. The van der Waals surface area contributed by atoms with Crippen molar-refractivity contribution in [2.24, 2.45) is 5.73 Å². The first-order valence-electron chi connectivity index (χ1n) is 6.91. The van der Waals surface area contributed by atoms with Crippen molar-refractivity contribution in [3.8, 4) is 5.88 Å². The van der Waals surface area contributed by atoms with Gasteiger partial charge in [0.15, 0.2) is 0 Å². The van der Waals surface area contributed by atoms with E-state index in [1.54, 1.807) is 11.6 Å². The molecule has 0 unspecified atom stereocenters. The zero-order chi connectivity index (χ0) is 15.5. The lowest BCUT2D eigenvalue weighted by Gasteiger charge is -2.26. The largest absolute Gasteiger partial charge is 0.471 e. The van der Waals surface area contributed by atoms with E-state index in [9.17, 15) is 10.1 Å². The molecule has 114 valence electrons. The highest BCUT2D eigenvalue weighted by Crippen LogP contribution is 2.33. The Morgan fingerprint density at radius 1 is 1.45 bits per heavy atom. The van der Waals surface area contributed by atoms with Gasteiger partial charge in [0.25, 0.3) is 5.88 Å². The highest BCUT2D eigenvalue weighted by atomic mass is 16.6. The Labute approximate surface area is 119 Å². The highest BCUT2D eigenvalue weighted by molar-refractivity contribution is 5.46. The van der Waals surface area contributed by atoms with Crippen molar-refractivity contribution in [2.45, 2.75) is 59.0 Å². The molecule has 1 rings (SSSR count). The Balaban J connectivity index is 3.12. The predicted molar refractivity (Wildman–Crippen MR) is 77.0 cm³/mol. The zero-order valence-electron chi connectivity index (χ0n) is 12.8. The molecule has 0 amide bonds. The molecular weight excluding hydrogens is 260 g/mol. The minimum absolute atomic E-state index is 0.0205. The van der Waals surface area contributed by atoms with Gasteiger partial charge in [-0.25, -0.2) is 4.68 Å². The van der Waals surface area contributed by atoms with Gasteiger partial charge in [-0.1, -0.05) is 13.8 Å². The van der Waals surface area contributed by atoms with Crippen molar-refractivity contribution in [1.82, 2.24) is 9.78 Å². The minimum atomic E-state index is -0.478. The summed E-state index contributed by atoms with van der Waals surface area (Å²) in [6.45, 7) is 9.60. The molecule has 1 aromatic rings. The molecule has 1 aromatic heterocycles. The number of nitro groups is 1. The topological polar surface area (TPSA) is 96.2 Å². The average Bonchev–Trinajstić information content (AvgIpc) is 2.73. The first-order chi connectivity index (χ1) is 9.25. The van der Waals surface area contributed by atoms with Gasteiger partial charge in [0, 0.05) is 5.54 Å². The quantitative estimate of drug-likeness (QED) is 0.613. The van der Waals surface area contributed by atoms with Crippen molar-refractivity contribution in [3.63, 3.8) is 0 Å². The number of rotatable bonds is 7. The number of hydrogen-bond acceptors (Lipinski definition) is 5. The van der Waals surface area contributed by atoms with Gasteiger partial charge in [-0.3, -0.25) is 10.1 Å². The molecule has 0 spiro atoms. The summed E-state index contributed by atoms with van der Waals surface area (Å²) in [7, 11) is 0. The van der Waals surface area contributed by atoms with E-state index in [0.29, 0.717) is 5.69 Å². The molecule has 0 fully saturated rings. The van der Waals surface area contributed by atoms with Gasteiger partial charge in [-0.2, -0.15) is 5.10 Å². The molecule has 0 saturated heterocycles. The van der Waals surface area contributed by atoms with Crippen LogP contribution in [0.15, 0.2) is 0 Å². The SMILES string of the molecule is CCC(N)(CC)COc1c([N+](=O)[O-])c(C)nn1C(C)C. The highest BCUT2D eigenvalue weighted by Gasteiger charge is 2.30. The second-order valence-corrected chi connectivity index (χ2v) is 5.39. The van der Waals surface area contributed by atoms with E-state index in [2.05, 4.69) is 5.10 Å². The first kappa shape index (κ1) is 16.4. The Morgan fingerprint density at radius 2 is 2.00 bits per heavy atom. The van der Waals surface area contributed by atoms with E-state index in [-0.39, 0.29) is 24.2 Å². The van der Waals surface area contributed by atoms with Gasteiger partial charge in [0.1, 0.15) is 12.3 Å². The molecule has 0 aliphatic rings. The summed E-state index contributed by atoms with van der Waals surface area (Å²) >= 11 is 0. The van der Waals surface area contributed by atoms with Crippen LogP contribution in [0.5, 0.6) is 5.88 Å². The number of nitrogens with zero attached hydrogens (tertiary/aromatic N) is 3. The second-order valence-electron chi connectivity index (χ2n) is 5.39. The Hall–Kier alpha value is -1.63. The van der Waals surface area contributed by atoms with E-state index in [1.807, 2.05) is 27.7 Å². The molecule has 0 aromatic carbocycles. The van der Waals surface area contributed by atoms with Crippen molar-refractivity contribution in [1.29, 1.82) is 0 Å². The fourth-order valence-electron chi connectivity index (χ4n) is 1.88. The normalized spacial score (nSPS) is 11.9. The summed E-state index contributed by atoms with van der Waals surface area (Å²) < 4.78 is 7.23. The lowest BCUT2D eigenvalue weighted by atomic mass is 9.96. The van der Waals surface area contributed by atoms with Crippen LogP contribution in [0, 0.1) is 17.0 Å². The second kappa shape index (κ2) is 6.21. The standard InChI is InChI=1S/C13H24N4O3/c1-6-13(14,7-2)8-20-12-11(17(18)19)10(5)15-16(12)9(3)4/h9H,6-8,14H2,1-5H3. The van der Waals surface area contributed by atoms with Crippen molar-refractivity contribution in [3.05, 3.63) is 15.8 Å². The van der Waals surface area contributed by atoms with Crippen LogP contribution < -0.4 is 10.5 Å². The molecular formula is C13H24N4O3. The maximum Gasteiger partial charge on any atom is 0.353 e. The predicted octanol–water partition coefficient (Wildman–Crippen LogP) is 2.58. The van der Waals surface area contributed by atoms with Crippen LogP contribution in [0.25, 0.3) is 0 Å². The van der Waals surface area contributed by atoms with Crippen LogP contribution in [0.4, 0.5) is 5.69 Å². The van der Waals surface area contributed by atoms with E-state index >= 15 is 0 Å². The Morgan fingerprint density at radius 3 is 2.40 bits per heavy atom. The molecule has 2 N–H and O–H groups in total. The average molecular weight is 284 g/mol. The monoisotopic (exact) mass is 284 g/mol. The summed E-state index contributed by atoms with van der Waals surface area (Å²) in [5.74, 6) is 0.194. The molecule has 7 nitrogen and oxygen atoms in total. The molecule has 0 bridgehead atoms. The molecule has 7 heteroatoms. The third-order valence-electron chi connectivity index (χ3n) is 3.59. The van der Waals surface area contributed by atoms with E-state index in [1.165, 1.54) is 0 Å². The maximum atomic E-state index is 11.2. The zero-order valence-corrected chi connectivity index (χ0v) is 12.8. The van der Waals surface area contributed by atoms with Crippen LogP contribution in [0.2, 0.25) is 0 Å². The van der Waals surface area contributed by atoms with Crippen molar-refractivity contribution < 1.29 is 9.66 Å². The van der Waals surface area contributed by atoms with Crippen molar-refractivity contribution >= 4 is 5.69 Å². The maximum absolute atomic E-state index is 11.2. The van der Waals surface area contributed by atoms with Crippen LogP contribution in [-0.2, 0) is 0 Å². The summed E-state index contributed by atoms with van der Waals surface area (Å²) in [5.41, 5.74) is 5.98. The smallest absolute Gasteiger partial charge is 0.353 e. The van der Waals surface area contributed by atoms with Gasteiger partial charge < -0.3 is 10.5 Å². The molecule has 0 aliphatic carbocycles. The van der Waals surface area contributed by atoms with Crippen molar-refractivity contribution in [2.75, 3.05) is 6.61 Å². The summed E-state index contributed by atoms with van der Waals surface area (Å²) in [5, 5.41) is 15.4. The van der Waals surface area contributed by atoms with Gasteiger partial charge in [0.05, 0.1) is 11.0 Å². The molecule has 0 saturated carbocycles. The fourth-order valence-corrected chi connectivity index (χ4v) is 1.88. The van der Waals surface area contributed by atoms with Crippen LogP contribution in [-0.4, -0.2) is 26.8 Å². The summed E-state index contributed by atoms with van der Waals surface area (Å²) in [6.07, 6.45) is 1.48. The lowest BCUT2D eigenvalue weighted by Crippen LogP contribution is -2.44. The molecule has 1 heterocycles. The Kier molecular flexibility index (Phi) is 5.10. The first-order valence-corrected chi connectivity index (χ1v) is 6.91. The molecule has 0 radical (unpaired) electrons. The summed E-state index contributed by atoms with van der Waals surface area (Å²) in [4.78, 5) is 10.7. The van der Waals surface area contributed by atoms with Crippen LogP contribution >= 0.6 is 0 Å². The van der Waals surface area contributed by atoms with E-state index in [0.717, 1.165) is 12.8 Å². The van der Waals surface area contributed by atoms with Crippen LogP contribution in [0.3, 0.4) is 0 Å². The number of hydrogen-bond donors (Lipinski definition) is 1. The van der Waals surface area contributed by atoms with Gasteiger partial charge in [-0.15, -0.1) is 0 Å². The number of aryl methyl sites for hydroxylation is 1. The number of nitrogens with two attached hydrogens (primary N) is 1. The van der Waals surface area contributed by atoms with Crippen LogP contribution in [0.1, 0.15) is 52.3 Å². The van der Waals surface area contributed by atoms with E-state index < -0.39 is 10.5 Å².